The van der Waals surface area contributed by atoms with E-state index in [4.69, 9.17) is 16.6 Å². The van der Waals surface area contributed by atoms with Gasteiger partial charge in [0.25, 0.3) is 0 Å². The number of halogens is 1. The van der Waals surface area contributed by atoms with Crippen molar-refractivity contribution in [2.45, 2.75) is 6.42 Å². The fraction of sp³-hybridized carbons (Fsp3) is 0.167. The number of nitrogens with one attached hydrogen (secondary N) is 1. The Balaban J connectivity index is 1.70. The lowest BCUT2D eigenvalue weighted by Gasteiger charge is -2.31. The van der Waals surface area contributed by atoms with Gasteiger partial charge in [0.05, 0.1) is 0 Å². The minimum atomic E-state index is -0.834. The van der Waals surface area contributed by atoms with Crippen molar-refractivity contribution in [3.63, 3.8) is 0 Å². The lowest BCUT2D eigenvalue weighted by atomic mass is 9.99. The fourth-order valence-electron chi connectivity index (χ4n) is 2.53. The molecule has 1 aliphatic rings. The van der Waals surface area contributed by atoms with Gasteiger partial charge < -0.3 is 9.73 Å². The molecule has 0 saturated carbocycles. The summed E-state index contributed by atoms with van der Waals surface area (Å²) in [5.74, 6) is -0.924. The van der Waals surface area contributed by atoms with Crippen LogP contribution < -0.4 is 5.32 Å². The minimum absolute atomic E-state index is 0.137. The maximum Gasteiger partial charge on any atom is 0.242 e. The number of benzene rings is 1. The van der Waals surface area contributed by atoms with Crippen LogP contribution in [0.2, 0.25) is 0 Å². The monoisotopic (exact) mass is 466 g/mol. The molecule has 1 atom stereocenters. The predicted octanol–water partition coefficient (Wildman–Crippen LogP) is 3.00. The van der Waals surface area contributed by atoms with Crippen LogP contribution in [0.25, 0.3) is 6.08 Å². The quantitative estimate of drug-likeness (QED) is 0.418. The zero-order valence-electron chi connectivity index (χ0n) is 13.1. The van der Waals surface area contributed by atoms with E-state index in [1.807, 2.05) is 65.1 Å². The Morgan fingerprint density at radius 2 is 1.96 bits per heavy atom. The summed E-state index contributed by atoms with van der Waals surface area (Å²) >= 11 is 7.19. The van der Waals surface area contributed by atoms with E-state index in [1.54, 1.807) is 12.1 Å². The first-order valence-corrected chi connectivity index (χ1v) is 9.15. The molecule has 1 fully saturated rings. The van der Waals surface area contributed by atoms with Crippen molar-refractivity contribution in [3.05, 3.63) is 63.6 Å². The molecule has 1 unspecified atom stereocenters. The van der Waals surface area contributed by atoms with E-state index in [2.05, 4.69) is 5.32 Å². The molecule has 128 valence electrons. The summed E-state index contributed by atoms with van der Waals surface area (Å²) in [7, 11) is 0. The van der Waals surface area contributed by atoms with E-state index in [-0.39, 0.29) is 23.3 Å². The van der Waals surface area contributed by atoms with Gasteiger partial charge in [-0.25, -0.2) is 0 Å². The Kier molecular flexibility index (Phi) is 5.64. The van der Waals surface area contributed by atoms with Gasteiger partial charge >= 0.3 is 0 Å². The van der Waals surface area contributed by atoms with Crippen LogP contribution in [-0.2, 0) is 16.0 Å². The summed E-state index contributed by atoms with van der Waals surface area (Å²) in [4.78, 5) is 26.3. The van der Waals surface area contributed by atoms with Gasteiger partial charge in [0.15, 0.2) is 8.88 Å². The van der Waals surface area contributed by atoms with Crippen molar-refractivity contribution in [3.8, 4) is 0 Å². The van der Waals surface area contributed by atoms with Crippen LogP contribution in [0.15, 0.2) is 53.0 Å². The molecule has 0 spiro atoms. The highest BCUT2D eigenvalue weighted by Crippen LogP contribution is 2.19. The molecule has 25 heavy (non-hydrogen) atoms. The molecule has 2 heterocycles. The number of nitrogens with zero attached hydrogens (tertiary/aromatic N) is 1. The molecule has 0 radical (unpaired) electrons. The molecule has 2 aromatic rings. The molecule has 1 aromatic heterocycles. The summed E-state index contributed by atoms with van der Waals surface area (Å²) < 4.78 is 6.19. The van der Waals surface area contributed by atoms with E-state index < -0.39 is 5.92 Å². The van der Waals surface area contributed by atoms with Crippen molar-refractivity contribution in [1.29, 1.82) is 0 Å². The van der Waals surface area contributed by atoms with E-state index in [0.717, 1.165) is 9.33 Å². The average molecular weight is 466 g/mol. The number of carbonyl (C=O) groups is 2. The highest BCUT2D eigenvalue weighted by Gasteiger charge is 2.38. The second-order valence-corrected chi connectivity index (χ2v) is 6.97. The highest BCUT2D eigenvalue weighted by molar-refractivity contribution is 14.1. The van der Waals surface area contributed by atoms with Gasteiger partial charge in [-0.1, -0.05) is 42.5 Å². The van der Waals surface area contributed by atoms with Gasteiger partial charge in [-0.2, -0.15) is 0 Å². The Labute approximate surface area is 164 Å². The third-order valence-corrected chi connectivity index (χ3v) is 4.69. The van der Waals surface area contributed by atoms with Crippen molar-refractivity contribution in [1.82, 2.24) is 10.2 Å². The SMILES string of the molecule is O=C1NC(=S)N(C/C=C/c2ccccc2)C(=O)C1Cc1ccc(I)o1. The van der Waals surface area contributed by atoms with Gasteiger partial charge in [0, 0.05) is 13.0 Å². The maximum atomic E-state index is 12.7. The highest BCUT2D eigenvalue weighted by atomic mass is 127. The number of furan rings is 1. The standard InChI is InChI=1S/C18H15IN2O3S/c19-15-9-8-13(24-15)11-14-16(22)20-18(25)21(17(14)23)10-4-7-12-5-2-1-3-6-12/h1-9,14H,10-11H2,(H,20,22,25)/b7-4+. The maximum absolute atomic E-state index is 12.7. The summed E-state index contributed by atoms with van der Waals surface area (Å²) in [6.07, 6.45) is 3.98. The topological polar surface area (TPSA) is 62.6 Å². The number of thiocarbonyl (C=S) groups is 1. The largest absolute Gasteiger partial charge is 0.455 e. The normalized spacial score (nSPS) is 18.0. The van der Waals surface area contributed by atoms with Crippen molar-refractivity contribution in [2.75, 3.05) is 6.54 Å². The molecule has 1 N–H and O–H groups in total. The summed E-state index contributed by atoms with van der Waals surface area (Å²) in [5.41, 5.74) is 1.03. The molecule has 1 aromatic carbocycles. The molecule has 7 heteroatoms. The van der Waals surface area contributed by atoms with Crippen LogP contribution in [0.5, 0.6) is 0 Å². The van der Waals surface area contributed by atoms with Crippen LogP contribution >= 0.6 is 34.8 Å². The van der Waals surface area contributed by atoms with E-state index in [9.17, 15) is 9.59 Å². The third kappa shape index (κ3) is 4.35. The number of rotatable bonds is 5. The predicted molar refractivity (Wildman–Crippen MR) is 107 cm³/mol. The van der Waals surface area contributed by atoms with Crippen molar-refractivity contribution in [2.24, 2.45) is 5.92 Å². The second-order valence-electron chi connectivity index (χ2n) is 5.52. The van der Waals surface area contributed by atoms with Crippen molar-refractivity contribution >= 4 is 57.8 Å². The van der Waals surface area contributed by atoms with Gasteiger partial charge in [-0.05, 0) is 52.5 Å². The summed E-state index contributed by atoms with van der Waals surface area (Å²) in [5, 5.41) is 2.74. The van der Waals surface area contributed by atoms with Crippen molar-refractivity contribution < 1.29 is 14.0 Å². The zero-order valence-corrected chi connectivity index (χ0v) is 16.1. The molecule has 1 aliphatic heterocycles. The van der Waals surface area contributed by atoms with Gasteiger partial charge in [-0.15, -0.1) is 0 Å². The number of hydrogen-bond acceptors (Lipinski definition) is 4. The molecule has 0 bridgehead atoms. The Morgan fingerprint density at radius 3 is 2.64 bits per heavy atom. The second kappa shape index (κ2) is 7.92. The van der Waals surface area contributed by atoms with Crippen LogP contribution in [0, 0.1) is 9.68 Å². The fourth-order valence-corrected chi connectivity index (χ4v) is 3.26. The van der Waals surface area contributed by atoms with E-state index in [0.29, 0.717) is 12.3 Å². The van der Waals surface area contributed by atoms with Crippen LogP contribution in [-0.4, -0.2) is 28.4 Å². The third-order valence-electron chi connectivity index (χ3n) is 3.79. The summed E-state index contributed by atoms with van der Waals surface area (Å²) in [6, 6.07) is 13.3. The first-order chi connectivity index (χ1) is 12.0. The van der Waals surface area contributed by atoms with Gasteiger partial charge in [0.1, 0.15) is 11.7 Å². The number of carbonyl (C=O) groups excluding carboxylic acids is 2. The summed E-state index contributed by atoms with van der Waals surface area (Å²) in [6.45, 7) is 0.305. The number of hydrogen-bond donors (Lipinski definition) is 1. The lowest BCUT2D eigenvalue weighted by molar-refractivity contribution is -0.141. The van der Waals surface area contributed by atoms with E-state index >= 15 is 0 Å². The Morgan fingerprint density at radius 1 is 1.20 bits per heavy atom. The molecule has 5 nitrogen and oxygen atoms in total. The van der Waals surface area contributed by atoms with Gasteiger partial charge in [-0.3, -0.25) is 14.5 Å². The first kappa shape index (κ1) is 17.8. The smallest absolute Gasteiger partial charge is 0.242 e. The number of amides is 2. The first-order valence-electron chi connectivity index (χ1n) is 7.66. The molecule has 1 saturated heterocycles. The van der Waals surface area contributed by atoms with Gasteiger partial charge in [0.2, 0.25) is 11.8 Å². The molecular formula is C18H15IN2O3S. The molecule has 0 aliphatic carbocycles. The molecule has 2 amide bonds. The van der Waals surface area contributed by atoms with E-state index in [1.165, 1.54) is 4.90 Å². The Hall–Kier alpha value is -2.00. The zero-order chi connectivity index (χ0) is 17.8. The molecular weight excluding hydrogens is 451 g/mol. The lowest BCUT2D eigenvalue weighted by Crippen LogP contribution is -2.58. The van der Waals surface area contributed by atoms with Crippen LogP contribution in [0.3, 0.4) is 0 Å². The minimum Gasteiger partial charge on any atom is -0.455 e. The Bertz CT molecular complexity index is 832. The molecule has 3 rings (SSSR count). The van der Waals surface area contributed by atoms with Crippen LogP contribution in [0.4, 0.5) is 0 Å². The average Bonchev–Trinajstić information content (AvgIpc) is 3.00. The van der Waals surface area contributed by atoms with Crippen LogP contribution in [0.1, 0.15) is 11.3 Å².